The first-order valence-corrected chi connectivity index (χ1v) is 9.17. The molecule has 2 heterocycles. The van der Waals surface area contributed by atoms with Gasteiger partial charge in [-0.2, -0.15) is 0 Å². The number of carbonyl (C=O) groups is 1. The number of esters is 1. The molecule has 5 heteroatoms. The Morgan fingerprint density at radius 3 is 2.08 bits per heavy atom. The minimum absolute atomic E-state index is 0.126. The van der Waals surface area contributed by atoms with Crippen LogP contribution in [0.25, 0.3) is 0 Å². The molecule has 136 valence electrons. The molecule has 0 saturated carbocycles. The smallest absolute Gasteiger partial charge is 0.310 e. The summed E-state index contributed by atoms with van der Waals surface area (Å²) in [5.74, 6) is -0.126. The fourth-order valence-corrected chi connectivity index (χ4v) is 2.79. The van der Waals surface area contributed by atoms with E-state index in [0.29, 0.717) is 6.42 Å². The molecule has 24 heavy (non-hydrogen) atoms. The Hall–Kier alpha value is -1.33. The molecule has 2 aliphatic heterocycles. The number of hydrogen-bond donors (Lipinski definition) is 0. The number of hydrogen-bond acceptors (Lipinski definition) is 5. The first kappa shape index (κ1) is 19.0. The van der Waals surface area contributed by atoms with Gasteiger partial charge in [-0.25, -0.2) is 0 Å². The highest BCUT2D eigenvalue weighted by Crippen LogP contribution is 2.18. The second kappa shape index (κ2) is 12.1. The Labute approximate surface area is 145 Å². The molecular weight excluding hydrogens is 308 g/mol. The van der Waals surface area contributed by atoms with Gasteiger partial charge in [0.05, 0.1) is 19.1 Å². The Morgan fingerprint density at radius 2 is 1.50 bits per heavy atom. The van der Waals surface area contributed by atoms with Gasteiger partial charge >= 0.3 is 5.97 Å². The summed E-state index contributed by atoms with van der Waals surface area (Å²) in [6, 6.07) is 0. The third kappa shape index (κ3) is 8.50. The van der Waals surface area contributed by atoms with Crippen molar-refractivity contribution in [3.8, 4) is 0 Å². The van der Waals surface area contributed by atoms with E-state index in [1.807, 2.05) is 6.26 Å². The standard InChI is InChI=1S/C19H30O5/c20-19-9-8-18(16-24-19)7-2-11-22-14-4-13-21-10-1-5-17-6-3-12-23-15-17/h15-16H,1-14H2. The van der Waals surface area contributed by atoms with Crippen LogP contribution in [0, 0.1) is 0 Å². The topological polar surface area (TPSA) is 54.0 Å². The highest BCUT2D eigenvalue weighted by molar-refractivity contribution is 5.71. The number of allylic oxidation sites excluding steroid dienone is 2. The molecule has 5 nitrogen and oxygen atoms in total. The highest BCUT2D eigenvalue weighted by atomic mass is 16.5. The molecule has 0 radical (unpaired) electrons. The molecule has 0 aromatic rings. The predicted molar refractivity (Wildman–Crippen MR) is 91.4 cm³/mol. The predicted octanol–water partition coefficient (Wildman–Crippen LogP) is 3.89. The van der Waals surface area contributed by atoms with E-state index in [1.54, 1.807) is 6.26 Å². The van der Waals surface area contributed by atoms with Crippen molar-refractivity contribution in [2.75, 3.05) is 33.0 Å². The summed E-state index contributed by atoms with van der Waals surface area (Å²) < 4.78 is 21.5. The Balaban J connectivity index is 1.32. The lowest BCUT2D eigenvalue weighted by atomic mass is 10.1. The largest absolute Gasteiger partial charge is 0.501 e. The van der Waals surface area contributed by atoms with Crippen molar-refractivity contribution in [1.29, 1.82) is 0 Å². The Kier molecular flexibility index (Phi) is 9.57. The van der Waals surface area contributed by atoms with Gasteiger partial charge in [0, 0.05) is 32.8 Å². The van der Waals surface area contributed by atoms with Crippen molar-refractivity contribution < 1.29 is 23.7 Å². The quantitative estimate of drug-likeness (QED) is 0.399. The summed E-state index contributed by atoms with van der Waals surface area (Å²) in [5, 5.41) is 0. The molecule has 0 fully saturated rings. The second-order valence-electron chi connectivity index (χ2n) is 6.30. The fourth-order valence-electron chi connectivity index (χ4n) is 2.79. The van der Waals surface area contributed by atoms with Crippen molar-refractivity contribution in [1.82, 2.24) is 0 Å². The van der Waals surface area contributed by atoms with Crippen LogP contribution in [0.4, 0.5) is 0 Å². The number of cyclic esters (lactones) is 1. The zero-order valence-corrected chi connectivity index (χ0v) is 14.6. The molecule has 2 rings (SSSR count). The number of rotatable bonds is 12. The van der Waals surface area contributed by atoms with Crippen LogP contribution in [0.15, 0.2) is 23.7 Å². The summed E-state index contributed by atoms with van der Waals surface area (Å²) in [5.41, 5.74) is 2.62. The van der Waals surface area contributed by atoms with Gasteiger partial charge in [-0.3, -0.25) is 4.79 Å². The lowest BCUT2D eigenvalue weighted by Crippen LogP contribution is -2.07. The Morgan fingerprint density at radius 1 is 0.833 bits per heavy atom. The average Bonchev–Trinajstić information content (AvgIpc) is 2.62. The van der Waals surface area contributed by atoms with E-state index >= 15 is 0 Å². The third-order valence-corrected chi connectivity index (χ3v) is 4.17. The average molecular weight is 338 g/mol. The van der Waals surface area contributed by atoms with Crippen molar-refractivity contribution >= 4 is 5.97 Å². The maximum Gasteiger partial charge on any atom is 0.310 e. The molecule has 2 aliphatic rings. The van der Waals surface area contributed by atoms with Crippen molar-refractivity contribution in [2.24, 2.45) is 0 Å². The van der Waals surface area contributed by atoms with Gasteiger partial charge in [-0.15, -0.1) is 0 Å². The van der Waals surface area contributed by atoms with E-state index in [9.17, 15) is 4.79 Å². The van der Waals surface area contributed by atoms with Crippen molar-refractivity contribution in [2.45, 2.75) is 57.8 Å². The molecule has 0 aromatic heterocycles. The minimum atomic E-state index is -0.126. The van der Waals surface area contributed by atoms with Gasteiger partial charge in [-0.05, 0) is 62.5 Å². The summed E-state index contributed by atoms with van der Waals surface area (Å²) in [4.78, 5) is 10.9. The summed E-state index contributed by atoms with van der Waals surface area (Å²) in [6.07, 6.45) is 12.2. The summed E-state index contributed by atoms with van der Waals surface area (Å²) in [7, 11) is 0. The van der Waals surface area contributed by atoms with E-state index < -0.39 is 0 Å². The van der Waals surface area contributed by atoms with E-state index in [-0.39, 0.29) is 5.97 Å². The second-order valence-corrected chi connectivity index (χ2v) is 6.30. The van der Waals surface area contributed by atoms with Gasteiger partial charge < -0.3 is 18.9 Å². The van der Waals surface area contributed by atoms with Crippen LogP contribution in [0.3, 0.4) is 0 Å². The molecular formula is C19H30O5. The molecule has 0 atom stereocenters. The molecule has 0 unspecified atom stereocenters. The SMILES string of the molecule is O=C1CCC(CCCOCCCOCCCC2=COCCC2)=CO1. The molecule has 0 amide bonds. The molecule has 0 N–H and O–H groups in total. The van der Waals surface area contributed by atoms with E-state index in [4.69, 9.17) is 18.9 Å². The lowest BCUT2D eigenvalue weighted by Gasteiger charge is -2.13. The Bertz CT molecular complexity index is 427. The zero-order valence-electron chi connectivity index (χ0n) is 14.6. The van der Waals surface area contributed by atoms with Crippen LogP contribution < -0.4 is 0 Å². The van der Waals surface area contributed by atoms with Crippen LogP contribution in [0.5, 0.6) is 0 Å². The third-order valence-electron chi connectivity index (χ3n) is 4.17. The van der Waals surface area contributed by atoms with Gasteiger partial charge in [0.1, 0.15) is 0 Å². The molecule has 0 bridgehead atoms. The van der Waals surface area contributed by atoms with Crippen LogP contribution in [0.1, 0.15) is 57.8 Å². The van der Waals surface area contributed by atoms with Crippen LogP contribution in [-0.2, 0) is 23.7 Å². The van der Waals surface area contributed by atoms with Gasteiger partial charge in [0.2, 0.25) is 0 Å². The minimum Gasteiger partial charge on any atom is -0.501 e. The summed E-state index contributed by atoms with van der Waals surface area (Å²) >= 11 is 0. The van der Waals surface area contributed by atoms with Gasteiger partial charge in [-0.1, -0.05) is 0 Å². The maximum atomic E-state index is 10.9. The first-order chi connectivity index (χ1) is 11.8. The van der Waals surface area contributed by atoms with Gasteiger partial charge in [0.15, 0.2) is 0 Å². The fraction of sp³-hybridized carbons (Fsp3) is 0.737. The van der Waals surface area contributed by atoms with E-state index in [0.717, 1.165) is 78.0 Å². The van der Waals surface area contributed by atoms with Crippen LogP contribution in [0.2, 0.25) is 0 Å². The summed E-state index contributed by atoms with van der Waals surface area (Å²) in [6.45, 7) is 3.93. The van der Waals surface area contributed by atoms with Crippen LogP contribution in [-0.4, -0.2) is 39.0 Å². The molecule has 0 aromatic carbocycles. The highest BCUT2D eigenvalue weighted by Gasteiger charge is 2.11. The number of ether oxygens (including phenoxy) is 4. The monoisotopic (exact) mass is 338 g/mol. The van der Waals surface area contributed by atoms with Gasteiger partial charge in [0.25, 0.3) is 0 Å². The maximum absolute atomic E-state index is 10.9. The molecule has 0 saturated heterocycles. The van der Waals surface area contributed by atoms with E-state index in [2.05, 4.69) is 0 Å². The zero-order chi connectivity index (χ0) is 16.9. The van der Waals surface area contributed by atoms with Crippen molar-refractivity contribution in [3.05, 3.63) is 23.7 Å². The molecule has 0 aliphatic carbocycles. The van der Waals surface area contributed by atoms with E-state index in [1.165, 1.54) is 17.6 Å². The van der Waals surface area contributed by atoms with Crippen LogP contribution >= 0.6 is 0 Å². The lowest BCUT2D eigenvalue weighted by molar-refractivity contribution is -0.139. The first-order valence-electron chi connectivity index (χ1n) is 9.17. The number of carbonyl (C=O) groups excluding carboxylic acids is 1. The molecule has 0 spiro atoms. The normalized spacial score (nSPS) is 17.8. The van der Waals surface area contributed by atoms with Crippen molar-refractivity contribution in [3.63, 3.8) is 0 Å².